The van der Waals surface area contributed by atoms with Crippen molar-refractivity contribution < 1.29 is 23.9 Å². The van der Waals surface area contributed by atoms with Crippen molar-refractivity contribution in [1.82, 2.24) is 15.5 Å². The number of rotatable bonds is 5. The van der Waals surface area contributed by atoms with E-state index in [4.69, 9.17) is 9.47 Å². The molecule has 4 heterocycles. The number of amides is 3. The number of hydrogen-bond donors (Lipinski definition) is 2. The minimum absolute atomic E-state index is 0.101. The summed E-state index contributed by atoms with van der Waals surface area (Å²) in [4.78, 5) is 42.9. The summed E-state index contributed by atoms with van der Waals surface area (Å²) in [6.07, 6.45) is 10.8. The van der Waals surface area contributed by atoms with E-state index in [0.717, 1.165) is 38.5 Å². The molecular formula is C26H39N3O5. The minimum Gasteiger partial charge on any atom is -0.376 e. The van der Waals surface area contributed by atoms with E-state index in [1.807, 2.05) is 39.8 Å². The van der Waals surface area contributed by atoms with Crippen LogP contribution >= 0.6 is 0 Å². The second-order valence-electron chi connectivity index (χ2n) is 12.0. The Balaban J connectivity index is 1.47. The number of ether oxygens (including phenoxy) is 2. The largest absolute Gasteiger partial charge is 0.376 e. The lowest BCUT2D eigenvalue weighted by Crippen LogP contribution is -2.58. The van der Waals surface area contributed by atoms with Gasteiger partial charge in [-0.3, -0.25) is 14.4 Å². The second kappa shape index (κ2) is 8.33. The Morgan fingerprint density at radius 1 is 1.09 bits per heavy atom. The first-order chi connectivity index (χ1) is 16.0. The van der Waals surface area contributed by atoms with E-state index < -0.39 is 34.6 Å². The van der Waals surface area contributed by atoms with Crippen LogP contribution in [0.15, 0.2) is 12.2 Å². The molecule has 4 aliphatic heterocycles. The predicted octanol–water partition coefficient (Wildman–Crippen LogP) is 2.07. The maximum Gasteiger partial charge on any atom is 0.246 e. The number of carbonyl (C=O) groups excluding carboxylic acids is 3. The fourth-order valence-electron chi connectivity index (χ4n) is 6.81. The molecule has 0 aromatic heterocycles. The normalized spacial score (nSPS) is 39.5. The van der Waals surface area contributed by atoms with Gasteiger partial charge in [0.1, 0.15) is 11.6 Å². The average Bonchev–Trinajstić information content (AvgIpc) is 3.48. The van der Waals surface area contributed by atoms with Crippen LogP contribution in [-0.2, 0) is 23.9 Å². The van der Waals surface area contributed by atoms with Gasteiger partial charge in [0.15, 0.2) is 0 Å². The number of nitrogens with one attached hydrogen (secondary N) is 2. The molecule has 2 bridgehead atoms. The zero-order valence-corrected chi connectivity index (χ0v) is 20.9. The van der Waals surface area contributed by atoms with Crippen molar-refractivity contribution in [2.45, 2.75) is 108 Å². The lowest BCUT2D eigenvalue weighted by Gasteiger charge is -2.35. The number of fused-ring (bicyclic) bond motifs is 1. The van der Waals surface area contributed by atoms with E-state index >= 15 is 0 Å². The minimum atomic E-state index is -1.14. The standard InChI is InChI=1S/C26H39N3O5/c1-24(2,3)28-22(31)20-26-13-12-25(4,34-26)18(21(30)27-16-9-6-5-7-10-16)19(26)23(32)29(20)15-17-11-8-14-33-17/h12-13,16-20H,5-11,14-15H2,1-4H3,(H,27,30)(H,28,31)/t17-,18+,19-,20-,25+,26-/m0/s1. The molecule has 1 spiro atoms. The van der Waals surface area contributed by atoms with Gasteiger partial charge in [-0.1, -0.05) is 31.4 Å². The monoisotopic (exact) mass is 473 g/mol. The van der Waals surface area contributed by atoms with E-state index in [0.29, 0.717) is 13.2 Å². The van der Waals surface area contributed by atoms with Gasteiger partial charge in [0.25, 0.3) is 0 Å². The van der Waals surface area contributed by atoms with Gasteiger partial charge in [0.05, 0.1) is 23.5 Å². The number of likely N-dealkylation sites (tertiary alicyclic amines) is 1. The van der Waals surface area contributed by atoms with Crippen LogP contribution in [-0.4, -0.2) is 70.7 Å². The van der Waals surface area contributed by atoms with Crippen LogP contribution in [0, 0.1) is 11.8 Å². The van der Waals surface area contributed by atoms with E-state index in [9.17, 15) is 14.4 Å². The first-order valence-electron chi connectivity index (χ1n) is 13.0. The summed E-state index contributed by atoms with van der Waals surface area (Å²) in [5, 5.41) is 6.28. The summed E-state index contributed by atoms with van der Waals surface area (Å²) in [6, 6.07) is -0.692. The van der Waals surface area contributed by atoms with E-state index in [1.54, 1.807) is 4.90 Å². The molecule has 6 atom stereocenters. The van der Waals surface area contributed by atoms with Crippen molar-refractivity contribution in [3.05, 3.63) is 12.2 Å². The fourth-order valence-corrected chi connectivity index (χ4v) is 6.81. The van der Waals surface area contributed by atoms with E-state index in [2.05, 4.69) is 10.6 Å². The lowest BCUT2D eigenvalue weighted by molar-refractivity contribution is -0.147. The summed E-state index contributed by atoms with van der Waals surface area (Å²) >= 11 is 0. The van der Waals surface area contributed by atoms with Crippen molar-refractivity contribution in [3.63, 3.8) is 0 Å². The molecule has 8 heteroatoms. The molecule has 5 rings (SSSR count). The topological polar surface area (TPSA) is 97.0 Å². The molecule has 0 aromatic rings. The SMILES string of the molecule is CC(C)(C)NC(=O)[C@@H]1N(C[C@@H]2CCCO2)C(=O)[C@@H]2[C@H](C(=O)NC3CCCCC3)[C@@]3(C)C=C[C@]21O3. The summed E-state index contributed by atoms with van der Waals surface area (Å²) in [6.45, 7) is 8.65. The van der Waals surface area contributed by atoms with Crippen LogP contribution < -0.4 is 10.6 Å². The van der Waals surface area contributed by atoms with E-state index in [1.165, 1.54) is 6.42 Å². The highest BCUT2D eigenvalue weighted by atomic mass is 16.5. The van der Waals surface area contributed by atoms with Crippen molar-refractivity contribution in [3.8, 4) is 0 Å². The highest BCUT2D eigenvalue weighted by Crippen LogP contribution is 2.59. The summed E-state index contributed by atoms with van der Waals surface area (Å²) in [5.74, 6) is -1.94. The molecule has 34 heavy (non-hydrogen) atoms. The van der Waals surface area contributed by atoms with Crippen LogP contribution in [0.5, 0.6) is 0 Å². The molecule has 3 saturated heterocycles. The summed E-state index contributed by atoms with van der Waals surface area (Å²) in [7, 11) is 0. The first-order valence-corrected chi connectivity index (χ1v) is 13.0. The molecule has 188 valence electrons. The Morgan fingerprint density at radius 2 is 1.82 bits per heavy atom. The van der Waals surface area contributed by atoms with Gasteiger partial charge < -0.3 is 25.0 Å². The highest BCUT2D eigenvalue weighted by Gasteiger charge is 2.76. The van der Waals surface area contributed by atoms with Gasteiger partial charge in [-0.15, -0.1) is 0 Å². The number of carbonyl (C=O) groups is 3. The van der Waals surface area contributed by atoms with Crippen molar-refractivity contribution in [2.75, 3.05) is 13.2 Å². The fraction of sp³-hybridized carbons (Fsp3) is 0.808. The Bertz CT molecular complexity index is 885. The van der Waals surface area contributed by atoms with Crippen LogP contribution in [0.1, 0.15) is 72.6 Å². The van der Waals surface area contributed by atoms with Crippen LogP contribution in [0.3, 0.4) is 0 Å². The Labute approximate surface area is 202 Å². The Morgan fingerprint density at radius 3 is 2.47 bits per heavy atom. The maximum absolute atomic E-state index is 14.0. The molecular weight excluding hydrogens is 434 g/mol. The summed E-state index contributed by atoms with van der Waals surface area (Å²) < 4.78 is 12.4. The second-order valence-corrected chi connectivity index (χ2v) is 12.0. The Kier molecular flexibility index (Phi) is 5.83. The smallest absolute Gasteiger partial charge is 0.246 e. The van der Waals surface area contributed by atoms with Crippen molar-refractivity contribution in [2.24, 2.45) is 11.8 Å². The molecule has 5 aliphatic rings. The Hall–Kier alpha value is -1.93. The molecule has 0 aromatic carbocycles. The van der Waals surface area contributed by atoms with Crippen LogP contribution in [0.25, 0.3) is 0 Å². The van der Waals surface area contributed by atoms with Crippen molar-refractivity contribution >= 4 is 17.7 Å². The van der Waals surface area contributed by atoms with E-state index in [-0.39, 0.29) is 29.9 Å². The molecule has 0 radical (unpaired) electrons. The number of nitrogens with zero attached hydrogens (tertiary/aromatic N) is 1. The third kappa shape index (κ3) is 3.87. The van der Waals surface area contributed by atoms with Gasteiger partial charge in [-0.2, -0.15) is 0 Å². The molecule has 0 unspecified atom stereocenters. The van der Waals surface area contributed by atoms with Gasteiger partial charge in [0.2, 0.25) is 17.7 Å². The first kappa shape index (κ1) is 23.8. The zero-order valence-electron chi connectivity index (χ0n) is 20.9. The molecule has 4 fully saturated rings. The van der Waals surface area contributed by atoms with Gasteiger partial charge >= 0.3 is 0 Å². The lowest BCUT2D eigenvalue weighted by atomic mass is 9.70. The molecule has 3 amide bonds. The van der Waals surface area contributed by atoms with Gasteiger partial charge in [0, 0.05) is 24.7 Å². The third-order valence-electron chi connectivity index (χ3n) is 8.20. The average molecular weight is 474 g/mol. The van der Waals surface area contributed by atoms with Crippen LogP contribution in [0.4, 0.5) is 0 Å². The summed E-state index contributed by atoms with van der Waals surface area (Å²) in [5.41, 5.74) is -2.52. The molecule has 1 saturated carbocycles. The van der Waals surface area contributed by atoms with Gasteiger partial charge in [-0.25, -0.2) is 0 Å². The molecule has 1 aliphatic carbocycles. The molecule has 8 nitrogen and oxygen atoms in total. The zero-order chi connectivity index (χ0) is 24.3. The maximum atomic E-state index is 14.0. The van der Waals surface area contributed by atoms with Gasteiger partial charge in [-0.05, 0) is 53.4 Å². The molecule has 2 N–H and O–H groups in total. The highest BCUT2D eigenvalue weighted by molar-refractivity contribution is 6.00. The van der Waals surface area contributed by atoms with Crippen molar-refractivity contribution in [1.29, 1.82) is 0 Å². The quantitative estimate of drug-likeness (QED) is 0.596. The number of hydrogen-bond acceptors (Lipinski definition) is 5. The third-order valence-corrected chi connectivity index (χ3v) is 8.20. The predicted molar refractivity (Wildman–Crippen MR) is 126 cm³/mol. The van der Waals surface area contributed by atoms with Crippen LogP contribution in [0.2, 0.25) is 0 Å².